The molecule has 2 fully saturated rings. The van der Waals surface area contributed by atoms with Crippen molar-refractivity contribution in [3.63, 3.8) is 0 Å². The van der Waals surface area contributed by atoms with Crippen LogP contribution < -0.4 is 0 Å². The molecule has 1 aliphatic heterocycles. The number of carbonyl (C=O) groups excluding carboxylic acids is 2. The zero-order valence-corrected chi connectivity index (χ0v) is 11.6. The van der Waals surface area contributed by atoms with E-state index in [9.17, 15) is 19.5 Å². The van der Waals surface area contributed by atoms with E-state index in [1.54, 1.807) is 0 Å². The van der Waals surface area contributed by atoms with E-state index >= 15 is 0 Å². The fourth-order valence-corrected chi connectivity index (χ4v) is 4.27. The van der Waals surface area contributed by atoms with Gasteiger partial charge in [0.15, 0.2) is 0 Å². The lowest BCUT2D eigenvalue weighted by Crippen LogP contribution is -2.48. The number of hydrogen-bond acceptors (Lipinski definition) is 4. The Morgan fingerprint density at radius 1 is 1.05 bits per heavy atom. The Kier molecular flexibility index (Phi) is 2.73. The lowest BCUT2D eigenvalue weighted by molar-refractivity contribution is -0.154. The van der Waals surface area contributed by atoms with Crippen molar-refractivity contribution in [1.82, 2.24) is 0 Å². The maximum Gasteiger partial charge on any atom is 0.318 e. The summed E-state index contributed by atoms with van der Waals surface area (Å²) in [6, 6.07) is 9.45. The summed E-state index contributed by atoms with van der Waals surface area (Å²) in [4.78, 5) is 35.6. The third kappa shape index (κ3) is 1.68. The molecule has 22 heavy (non-hydrogen) atoms. The first kappa shape index (κ1) is 13.2. The van der Waals surface area contributed by atoms with Crippen molar-refractivity contribution < 1.29 is 24.2 Å². The number of carboxylic acid groups (broad SMARTS) is 1. The zero-order chi connectivity index (χ0) is 15.4. The molecular formula is C17H14O5. The molecule has 1 N–H and O–H groups in total. The van der Waals surface area contributed by atoms with E-state index in [2.05, 4.69) is 0 Å². The Hall–Kier alpha value is -2.43. The second-order valence-electron chi connectivity index (χ2n) is 6.15. The highest BCUT2D eigenvalue weighted by Crippen LogP contribution is 2.56. The van der Waals surface area contributed by atoms with Gasteiger partial charge in [0.2, 0.25) is 0 Å². The lowest BCUT2D eigenvalue weighted by Gasteiger charge is -2.45. The molecule has 5 unspecified atom stereocenters. The first-order valence-corrected chi connectivity index (χ1v) is 7.33. The summed E-state index contributed by atoms with van der Waals surface area (Å²) < 4.78 is 4.80. The summed E-state index contributed by atoms with van der Waals surface area (Å²) >= 11 is 0. The molecule has 0 aromatic heterocycles. The Morgan fingerprint density at radius 3 is 2.41 bits per heavy atom. The first-order valence-electron chi connectivity index (χ1n) is 7.33. The van der Waals surface area contributed by atoms with E-state index < -0.39 is 41.6 Å². The van der Waals surface area contributed by atoms with E-state index in [1.807, 2.05) is 36.4 Å². The molecule has 5 rings (SSSR count). The van der Waals surface area contributed by atoms with Crippen LogP contribution in [-0.4, -0.2) is 23.0 Å². The second-order valence-corrected chi connectivity index (χ2v) is 6.15. The number of carbonyl (C=O) groups is 3. The van der Waals surface area contributed by atoms with Gasteiger partial charge in [0.25, 0.3) is 0 Å². The van der Waals surface area contributed by atoms with Crippen LogP contribution in [0.15, 0.2) is 36.4 Å². The molecule has 4 aliphatic rings. The highest BCUT2D eigenvalue weighted by molar-refractivity contribution is 6.00. The zero-order valence-electron chi connectivity index (χ0n) is 11.6. The fraction of sp³-hybridized carbons (Fsp3) is 0.353. The van der Waals surface area contributed by atoms with Gasteiger partial charge in [-0.1, -0.05) is 36.4 Å². The number of hydrogen-bond donors (Lipinski definition) is 1. The van der Waals surface area contributed by atoms with Gasteiger partial charge < -0.3 is 9.84 Å². The topological polar surface area (TPSA) is 80.7 Å². The predicted octanol–water partition coefficient (Wildman–Crippen LogP) is 1.74. The third-order valence-corrected chi connectivity index (χ3v) is 5.12. The van der Waals surface area contributed by atoms with Crippen molar-refractivity contribution in [1.29, 1.82) is 0 Å². The maximum absolute atomic E-state index is 12.1. The van der Waals surface area contributed by atoms with Crippen LogP contribution in [0.1, 0.15) is 12.0 Å². The van der Waals surface area contributed by atoms with Gasteiger partial charge in [-0.25, -0.2) is 0 Å². The Bertz CT molecular complexity index is 705. The van der Waals surface area contributed by atoms with E-state index in [4.69, 9.17) is 4.74 Å². The minimum Gasteiger partial charge on any atom is -0.481 e. The fourth-order valence-electron chi connectivity index (χ4n) is 4.27. The number of carboxylic acids is 1. The van der Waals surface area contributed by atoms with Crippen LogP contribution in [0.25, 0.3) is 5.57 Å². The quantitative estimate of drug-likeness (QED) is 0.664. The summed E-state index contributed by atoms with van der Waals surface area (Å²) in [7, 11) is 0. The molecule has 0 spiro atoms. The van der Waals surface area contributed by atoms with Crippen molar-refractivity contribution in [3.05, 3.63) is 42.0 Å². The highest BCUT2D eigenvalue weighted by Gasteiger charge is 2.61. The van der Waals surface area contributed by atoms with Gasteiger partial charge in [0.1, 0.15) is 0 Å². The molecular weight excluding hydrogens is 284 g/mol. The average molecular weight is 298 g/mol. The van der Waals surface area contributed by atoms with E-state index in [0.717, 1.165) is 11.1 Å². The number of fused-ring (bicyclic) bond motifs is 1. The average Bonchev–Trinajstić information content (AvgIpc) is 2.84. The number of aliphatic carboxylic acids is 1. The molecule has 1 aromatic carbocycles. The first-order chi connectivity index (χ1) is 10.6. The highest BCUT2D eigenvalue weighted by atomic mass is 16.6. The third-order valence-electron chi connectivity index (χ3n) is 5.12. The van der Waals surface area contributed by atoms with E-state index in [0.29, 0.717) is 6.42 Å². The van der Waals surface area contributed by atoms with E-state index in [-0.39, 0.29) is 5.92 Å². The molecule has 5 atom stereocenters. The smallest absolute Gasteiger partial charge is 0.318 e. The molecule has 2 bridgehead atoms. The molecule has 112 valence electrons. The number of allylic oxidation sites excluding steroid dienone is 2. The summed E-state index contributed by atoms with van der Waals surface area (Å²) in [6.45, 7) is 0. The van der Waals surface area contributed by atoms with Crippen molar-refractivity contribution >= 4 is 23.5 Å². The van der Waals surface area contributed by atoms with E-state index in [1.165, 1.54) is 0 Å². The minimum absolute atomic E-state index is 0.245. The monoisotopic (exact) mass is 298 g/mol. The van der Waals surface area contributed by atoms with Gasteiger partial charge in [0.05, 0.1) is 17.8 Å². The lowest BCUT2D eigenvalue weighted by atomic mass is 9.55. The summed E-state index contributed by atoms with van der Waals surface area (Å²) in [6.07, 6.45) is 2.36. The number of ether oxygens (including phenoxy) is 1. The predicted molar refractivity (Wildman–Crippen MR) is 75.2 cm³/mol. The molecule has 1 heterocycles. The summed E-state index contributed by atoms with van der Waals surface area (Å²) in [5, 5.41) is 9.53. The van der Waals surface area contributed by atoms with Gasteiger partial charge in [-0.3, -0.25) is 14.4 Å². The van der Waals surface area contributed by atoms with Gasteiger partial charge in [-0.2, -0.15) is 0 Å². The second kappa shape index (κ2) is 4.53. The molecule has 5 heteroatoms. The van der Waals surface area contributed by atoms with Gasteiger partial charge in [-0.05, 0) is 23.5 Å². The Labute approximate surface area is 126 Å². The van der Waals surface area contributed by atoms with Crippen LogP contribution in [0.3, 0.4) is 0 Å². The molecule has 1 saturated heterocycles. The molecule has 1 aromatic rings. The molecule has 3 aliphatic carbocycles. The Balaban J connectivity index is 1.86. The number of cyclic esters (lactones) is 2. The summed E-state index contributed by atoms with van der Waals surface area (Å²) in [5.74, 6) is -4.55. The molecule has 5 nitrogen and oxygen atoms in total. The maximum atomic E-state index is 12.1. The SMILES string of the molecule is O=C(O)C1CC2C=C(c3ccccc3)C1C1C(=O)OC(=O)C21. The summed E-state index contributed by atoms with van der Waals surface area (Å²) in [5.41, 5.74) is 1.77. The van der Waals surface area contributed by atoms with Gasteiger partial charge in [-0.15, -0.1) is 0 Å². The molecule has 1 saturated carbocycles. The molecule has 0 amide bonds. The van der Waals surface area contributed by atoms with Crippen LogP contribution in [0, 0.1) is 29.6 Å². The standard InChI is InChI=1S/C17H14O5/c18-15(19)11-7-9-6-10(8-4-2-1-3-5-8)13(11)14-12(9)16(20)22-17(14)21/h1-6,9,11-14H,7H2,(H,18,19). The van der Waals surface area contributed by atoms with Crippen molar-refractivity contribution in [2.75, 3.05) is 0 Å². The normalized spacial score (nSPS) is 35.8. The van der Waals surface area contributed by atoms with Crippen LogP contribution in [0.4, 0.5) is 0 Å². The van der Waals surface area contributed by atoms with Crippen molar-refractivity contribution in [2.24, 2.45) is 29.6 Å². The number of esters is 2. The largest absolute Gasteiger partial charge is 0.481 e. The van der Waals surface area contributed by atoms with Crippen LogP contribution in [0.5, 0.6) is 0 Å². The minimum atomic E-state index is -0.915. The van der Waals surface area contributed by atoms with Gasteiger partial charge in [0, 0.05) is 5.92 Å². The van der Waals surface area contributed by atoms with Crippen molar-refractivity contribution in [3.8, 4) is 0 Å². The van der Waals surface area contributed by atoms with Crippen LogP contribution >= 0.6 is 0 Å². The number of rotatable bonds is 2. The van der Waals surface area contributed by atoms with Crippen molar-refractivity contribution in [2.45, 2.75) is 6.42 Å². The Morgan fingerprint density at radius 2 is 1.73 bits per heavy atom. The van der Waals surface area contributed by atoms with Gasteiger partial charge >= 0.3 is 17.9 Å². The molecule has 0 radical (unpaired) electrons. The van der Waals surface area contributed by atoms with Crippen LogP contribution in [0.2, 0.25) is 0 Å². The number of benzene rings is 1. The van der Waals surface area contributed by atoms with Crippen LogP contribution in [-0.2, 0) is 19.1 Å².